The molecule has 7 nitrogen and oxygen atoms in total. The predicted molar refractivity (Wildman–Crippen MR) is 103 cm³/mol. The van der Waals surface area contributed by atoms with Gasteiger partial charge in [-0.15, -0.1) is 0 Å². The largest absolute Gasteiger partial charge is 0.396 e. The van der Waals surface area contributed by atoms with Crippen LogP contribution >= 0.6 is 0 Å². The summed E-state index contributed by atoms with van der Waals surface area (Å²) in [6.45, 7) is 7.29. The Labute approximate surface area is 160 Å². The van der Waals surface area contributed by atoms with Crippen LogP contribution in [0.25, 0.3) is 0 Å². The highest BCUT2D eigenvalue weighted by atomic mass is 16.5. The van der Waals surface area contributed by atoms with E-state index in [1.807, 2.05) is 17.0 Å². The summed E-state index contributed by atoms with van der Waals surface area (Å²) in [5, 5.41) is 9.29. The molecule has 0 bridgehead atoms. The number of anilines is 1. The first kappa shape index (κ1) is 18.7. The van der Waals surface area contributed by atoms with Gasteiger partial charge in [0.2, 0.25) is 0 Å². The molecule has 3 aliphatic heterocycles. The molecule has 0 aliphatic carbocycles. The van der Waals surface area contributed by atoms with Gasteiger partial charge in [0.25, 0.3) is 5.91 Å². The van der Waals surface area contributed by atoms with E-state index in [0.29, 0.717) is 17.5 Å². The lowest BCUT2D eigenvalue weighted by Crippen LogP contribution is -2.50. The fourth-order valence-corrected chi connectivity index (χ4v) is 4.45. The first-order valence-corrected chi connectivity index (χ1v) is 10.2. The Morgan fingerprint density at radius 3 is 2.52 bits per heavy atom. The zero-order valence-electron chi connectivity index (χ0n) is 15.9. The first-order valence-electron chi connectivity index (χ1n) is 10.2. The van der Waals surface area contributed by atoms with E-state index in [-0.39, 0.29) is 12.5 Å². The Kier molecular flexibility index (Phi) is 5.90. The van der Waals surface area contributed by atoms with Gasteiger partial charge in [-0.2, -0.15) is 0 Å². The minimum absolute atomic E-state index is 0.0872. The van der Waals surface area contributed by atoms with Crippen molar-refractivity contribution in [2.45, 2.75) is 25.3 Å². The maximum atomic E-state index is 12.8. The number of aliphatic hydroxyl groups is 1. The molecule has 3 fully saturated rings. The number of piperidine rings is 1. The van der Waals surface area contributed by atoms with Gasteiger partial charge in [0.1, 0.15) is 5.82 Å². The number of carbonyl (C=O) groups is 1. The topological polar surface area (TPSA) is 69.1 Å². The van der Waals surface area contributed by atoms with E-state index in [2.05, 4.69) is 14.8 Å². The van der Waals surface area contributed by atoms with Gasteiger partial charge in [-0.3, -0.25) is 9.69 Å². The molecule has 1 aromatic heterocycles. The van der Waals surface area contributed by atoms with Crippen LogP contribution in [0.4, 0.5) is 5.82 Å². The maximum Gasteiger partial charge on any atom is 0.255 e. The molecule has 1 aromatic rings. The van der Waals surface area contributed by atoms with Crippen LogP contribution in [-0.2, 0) is 4.74 Å². The van der Waals surface area contributed by atoms with Crippen molar-refractivity contribution in [3.8, 4) is 0 Å². The summed E-state index contributed by atoms with van der Waals surface area (Å²) in [4.78, 5) is 24.0. The SMILES string of the molecule is O=C(c1ccc(N2CC[C@@H](CO)C2)nc1)N1CCC(N2CCOCC2)CC1. The van der Waals surface area contributed by atoms with E-state index in [4.69, 9.17) is 4.74 Å². The van der Waals surface area contributed by atoms with Crippen molar-refractivity contribution >= 4 is 11.7 Å². The highest BCUT2D eigenvalue weighted by Crippen LogP contribution is 2.23. The van der Waals surface area contributed by atoms with Gasteiger partial charge >= 0.3 is 0 Å². The number of ether oxygens (including phenoxy) is 1. The minimum atomic E-state index is 0.0872. The third-order valence-electron chi connectivity index (χ3n) is 6.18. The number of morpholine rings is 1. The summed E-state index contributed by atoms with van der Waals surface area (Å²) >= 11 is 0. The van der Waals surface area contributed by atoms with Gasteiger partial charge in [-0.25, -0.2) is 4.98 Å². The lowest BCUT2D eigenvalue weighted by atomic mass is 10.0. The summed E-state index contributed by atoms with van der Waals surface area (Å²) in [6, 6.07) is 4.41. The van der Waals surface area contributed by atoms with E-state index < -0.39 is 0 Å². The van der Waals surface area contributed by atoms with Crippen LogP contribution in [0.2, 0.25) is 0 Å². The van der Waals surface area contributed by atoms with Crippen LogP contribution in [0.15, 0.2) is 18.3 Å². The molecule has 1 amide bonds. The highest BCUT2D eigenvalue weighted by Gasteiger charge is 2.28. The fourth-order valence-electron chi connectivity index (χ4n) is 4.45. The van der Waals surface area contributed by atoms with E-state index in [1.54, 1.807) is 6.20 Å². The molecule has 1 N–H and O–H groups in total. The zero-order chi connectivity index (χ0) is 18.6. The average molecular weight is 374 g/mol. The summed E-state index contributed by atoms with van der Waals surface area (Å²) in [5.41, 5.74) is 0.668. The van der Waals surface area contributed by atoms with Crippen LogP contribution in [0, 0.1) is 5.92 Å². The molecule has 0 unspecified atom stereocenters. The number of hydrogen-bond acceptors (Lipinski definition) is 6. The van der Waals surface area contributed by atoms with Crippen molar-refractivity contribution in [2.75, 3.05) is 64.0 Å². The molecule has 3 aliphatic rings. The van der Waals surface area contributed by atoms with E-state index in [1.165, 1.54) is 0 Å². The molecule has 3 saturated heterocycles. The summed E-state index contributed by atoms with van der Waals surface area (Å²) in [5.74, 6) is 1.32. The van der Waals surface area contributed by atoms with Crippen molar-refractivity contribution in [1.29, 1.82) is 0 Å². The Balaban J connectivity index is 1.31. The highest BCUT2D eigenvalue weighted by molar-refractivity contribution is 5.94. The summed E-state index contributed by atoms with van der Waals surface area (Å²) in [6.07, 6.45) is 4.77. The molecule has 27 heavy (non-hydrogen) atoms. The smallest absolute Gasteiger partial charge is 0.255 e. The number of likely N-dealkylation sites (tertiary alicyclic amines) is 1. The van der Waals surface area contributed by atoms with E-state index in [0.717, 1.165) is 77.6 Å². The standard InChI is InChI=1S/C20H30N4O3/c25-15-16-3-6-24(14-16)19-2-1-17(13-21-19)20(26)23-7-4-18(5-8-23)22-9-11-27-12-10-22/h1-2,13,16,18,25H,3-12,14-15H2/t16-/m1/s1. The number of rotatable bonds is 4. The minimum Gasteiger partial charge on any atom is -0.396 e. The molecule has 4 rings (SSSR count). The number of carbonyl (C=O) groups excluding carboxylic acids is 1. The molecule has 7 heteroatoms. The quantitative estimate of drug-likeness (QED) is 0.842. The molecule has 4 heterocycles. The Bertz CT molecular complexity index is 625. The van der Waals surface area contributed by atoms with Gasteiger partial charge in [-0.1, -0.05) is 0 Å². The monoisotopic (exact) mass is 374 g/mol. The van der Waals surface area contributed by atoms with Crippen molar-refractivity contribution < 1.29 is 14.6 Å². The Morgan fingerprint density at radius 1 is 1.11 bits per heavy atom. The molecule has 1 atom stereocenters. The molecule has 0 radical (unpaired) electrons. The number of nitrogens with zero attached hydrogens (tertiary/aromatic N) is 4. The molecule has 148 valence electrons. The van der Waals surface area contributed by atoms with Crippen molar-refractivity contribution in [2.24, 2.45) is 5.92 Å². The van der Waals surface area contributed by atoms with Gasteiger partial charge in [0.15, 0.2) is 0 Å². The number of amides is 1. The van der Waals surface area contributed by atoms with Crippen LogP contribution in [-0.4, -0.2) is 90.9 Å². The second kappa shape index (κ2) is 8.54. The summed E-state index contributed by atoms with van der Waals surface area (Å²) in [7, 11) is 0. The normalized spacial score (nSPS) is 25.1. The first-order chi connectivity index (χ1) is 13.2. The number of hydrogen-bond donors (Lipinski definition) is 1. The van der Waals surface area contributed by atoms with Crippen LogP contribution in [0.1, 0.15) is 29.6 Å². The maximum absolute atomic E-state index is 12.8. The molecular formula is C20H30N4O3. The third kappa shape index (κ3) is 4.25. The third-order valence-corrected chi connectivity index (χ3v) is 6.18. The van der Waals surface area contributed by atoms with Crippen molar-refractivity contribution in [1.82, 2.24) is 14.8 Å². The lowest BCUT2D eigenvalue weighted by Gasteiger charge is -2.40. The number of pyridine rings is 1. The van der Waals surface area contributed by atoms with Crippen LogP contribution < -0.4 is 4.90 Å². The van der Waals surface area contributed by atoms with Crippen LogP contribution in [0.3, 0.4) is 0 Å². The van der Waals surface area contributed by atoms with Gasteiger partial charge < -0.3 is 19.6 Å². The van der Waals surface area contributed by atoms with Gasteiger partial charge in [0.05, 0.1) is 18.8 Å². The van der Waals surface area contributed by atoms with Crippen molar-refractivity contribution in [3.05, 3.63) is 23.9 Å². The summed E-state index contributed by atoms with van der Waals surface area (Å²) < 4.78 is 5.44. The molecule has 0 aromatic carbocycles. The predicted octanol–water partition coefficient (Wildman–Crippen LogP) is 0.837. The average Bonchev–Trinajstić information content (AvgIpc) is 3.23. The lowest BCUT2D eigenvalue weighted by molar-refractivity contribution is 0.00158. The molecular weight excluding hydrogens is 344 g/mol. The Hall–Kier alpha value is -1.70. The van der Waals surface area contributed by atoms with E-state index >= 15 is 0 Å². The zero-order valence-corrected chi connectivity index (χ0v) is 15.9. The second-order valence-electron chi connectivity index (χ2n) is 7.86. The molecule has 0 spiro atoms. The van der Waals surface area contributed by atoms with Crippen molar-refractivity contribution in [3.63, 3.8) is 0 Å². The van der Waals surface area contributed by atoms with Gasteiger partial charge in [-0.05, 0) is 31.4 Å². The fraction of sp³-hybridized carbons (Fsp3) is 0.700. The number of aliphatic hydroxyl groups excluding tert-OH is 1. The van der Waals surface area contributed by atoms with Crippen LogP contribution in [0.5, 0.6) is 0 Å². The van der Waals surface area contributed by atoms with E-state index in [9.17, 15) is 9.90 Å². The van der Waals surface area contributed by atoms with Gasteiger partial charge in [0, 0.05) is 64.0 Å². The molecule has 0 saturated carbocycles. The Morgan fingerprint density at radius 2 is 1.89 bits per heavy atom. The number of aromatic nitrogens is 1. The second-order valence-corrected chi connectivity index (χ2v) is 7.86.